The molecule has 1 N–H and O–H groups in total. The van der Waals surface area contributed by atoms with Crippen LogP contribution >= 0.6 is 0 Å². The minimum Gasteiger partial charge on any atom is -0.493 e. The number of hydrogen-bond acceptors (Lipinski definition) is 5. The summed E-state index contributed by atoms with van der Waals surface area (Å²) in [4.78, 5) is 29.8. The first-order valence-corrected chi connectivity index (χ1v) is 9.02. The number of ether oxygens (including phenoxy) is 3. The molecule has 2 heterocycles. The second-order valence-corrected chi connectivity index (χ2v) is 7.33. The van der Waals surface area contributed by atoms with Gasteiger partial charge in [-0.2, -0.15) is 0 Å². The molecule has 0 spiro atoms. The summed E-state index contributed by atoms with van der Waals surface area (Å²) < 4.78 is 16.1. The number of rotatable bonds is 5. The Hall–Kier alpha value is -2.54. The van der Waals surface area contributed by atoms with Gasteiger partial charge in [-0.25, -0.2) is 0 Å². The van der Waals surface area contributed by atoms with Crippen molar-refractivity contribution in [2.45, 2.75) is 32.2 Å². The van der Waals surface area contributed by atoms with Gasteiger partial charge in [-0.3, -0.25) is 9.59 Å². The third-order valence-electron chi connectivity index (χ3n) is 4.98. The SMILES string of the molecule is COc1cc2cc(CCC(=O)N3CCOCC3(C)C)c(=O)[nH]c2cc1OC. The van der Waals surface area contributed by atoms with Crippen molar-refractivity contribution in [3.63, 3.8) is 0 Å². The average Bonchev–Trinajstić information content (AvgIpc) is 2.64. The predicted octanol–water partition coefficient (Wildman–Crippen LogP) is 2.12. The molecule has 1 aliphatic rings. The maximum absolute atomic E-state index is 12.7. The number of pyridine rings is 1. The molecule has 1 saturated heterocycles. The van der Waals surface area contributed by atoms with Crippen LogP contribution < -0.4 is 15.0 Å². The molecule has 7 nitrogen and oxygen atoms in total. The zero-order valence-corrected chi connectivity index (χ0v) is 16.3. The Bertz CT molecular complexity index is 903. The molecule has 0 unspecified atom stereocenters. The Labute approximate surface area is 158 Å². The Kier molecular flexibility index (Phi) is 5.41. The maximum Gasteiger partial charge on any atom is 0.251 e. The van der Waals surface area contributed by atoms with Gasteiger partial charge in [0.05, 0.1) is 38.5 Å². The standard InChI is InChI=1S/C20H26N2O5/c1-20(2)12-27-8-7-22(20)18(23)6-5-13-9-14-10-16(25-3)17(26-4)11-15(14)21-19(13)24/h9-11H,5-8,12H2,1-4H3,(H,21,24). The number of aromatic amines is 1. The van der Waals surface area contributed by atoms with Gasteiger partial charge in [0.15, 0.2) is 11.5 Å². The first-order valence-electron chi connectivity index (χ1n) is 9.02. The summed E-state index contributed by atoms with van der Waals surface area (Å²) in [5, 5.41) is 0.835. The van der Waals surface area contributed by atoms with E-state index in [1.165, 1.54) is 0 Å². The van der Waals surface area contributed by atoms with Crippen LogP contribution in [-0.4, -0.2) is 55.3 Å². The zero-order valence-electron chi connectivity index (χ0n) is 16.3. The molecule has 3 rings (SSSR count). The van der Waals surface area contributed by atoms with Crippen molar-refractivity contribution < 1.29 is 19.0 Å². The van der Waals surface area contributed by atoms with E-state index in [1.807, 2.05) is 30.9 Å². The number of nitrogens with one attached hydrogen (secondary N) is 1. The topological polar surface area (TPSA) is 80.9 Å². The maximum atomic E-state index is 12.7. The molecular weight excluding hydrogens is 348 g/mol. The van der Waals surface area contributed by atoms with E-state index in [1.54, 1.807) is 20.3 Å². The number of amides is 1. The van der Waals surface area contributed by atoms with E-state index < -0.39 is 0 Å². The molecule has 146 valence electrons. The molecule has 1 amide bonds. The zero-order chi connectivity index (χ0) is 19.6. The predicted molar refractivity (Wildman–Crippen MR) is 103 cm³/mol. The highest BCUT2D eigenvalue weighted by Crippen LogP contribution is 2.31. The van der Waals surface area contributed by atoms with Crippen LogP contribution in [0.3, 0.4) is 0 Å². The quantitative estimate of drug-likeness (QED) is 0.867. The van der Waals surface area contributed by atoms with Crippen molar-refractivity contribution >= 4 is 16.8 Å². The Morgan fingerprint density at radius 1 is 1.22 bits per heavy atom. The molecular formula is C20H26N2O5. The molecule has 0 bridgehead atoms. The highest BCUT2D eigenvalue weighted by molar-refractivity contribution is 5.83. The molecule has 0 saturated carbocycles. The molecule has 7 heteroatoms. The number of hydrogen-bond donors (Lipinski definition) is 1. The van der Waals surface area contributed by atoms with Crippen LogP contribution in [0.25, 0.3) is 10.9 Å². The van der Waals surface area contributed by atoms with Crippen LogP contribution in [0.1, 0.15) is 25.8 Å². The van der Waals surface area contributed by atoms with E-state index in [0.717, 1.165) is 5.39 Å². The van der Waals surface area contributed by atoms with Crippen molar-refractivity contribution in [3.05, 3.63) is 34.1 Å². The number of benzene rings is 1. The van der Waals surface area contributed by atoms with Gasteiger partial charge in [0, 0.05) is 30.0 Å². The van der Waals surface area contributed by atoms with Gasteiger partial charge in [0.25, 0.3) is 5.56 Å². The van der Waals surface area contributed by atoms with E-state index in [4.69, 9.17) is 14.2 Å². The van der Waals surface area contributed by atoms with Gasteiger partial charge in [0.2, 0.25) is 5.91 Å². The van der Waals surface area contributed by atoms with Crippen LogP contribution in [-0.2, 0) is 16.0 Å². The summed E-state index contributed by atoms with van der Waals surface area (Å²) >= 11 is 0. The van der Waals surface area contributed by atoms with Crippen molar-refractivity contribution in [1.82, 2.24) is 9.88 Å². The first-order chi connectivity index (χ1) is 12.9. The van der Waals surface area contributed by atoms with Crippen LogP contribution in [0.2, 0.25) is 0 Å². The van der Waals surface area contributed by atoms with Gasteiger partial charge in [-0.1, -0.05) is 0 Å². The number of aromatic nitrogens is 1. The number of aryl methyl sites for hydroxylation is 1. The Balaban J connectivity index is 1.81. The third-order valence-corrected chi connectivity index (χ3v) is 4.98. The van der Waals surface area contributed by atoms with Gasteiger partial charge in [0.1, 0.15) is 0 Å². The highest BCUT2D eigenvalue weighted by Gasteiger charge is 2.33. The fourth-order valence-corrected chi connectivity index (χ4v) is 3.46. The number of methoxy groups -OCH3 is 2. The summed E-state index contributed by atoms with van der Waals surface area (Å²) in [7, 11) is 3.12. The van der Waals surface area contributed by atoms with Crippen LogP contribution in [0, 0.1) is 0 Å². The second-order valence-electron chi connectivity index (χ2n) is 7.33. The smallest absolute Gasteiger partial charge is 0.251 e. The van der Waals surface area contributed by atoms with E-state index in [2.05, 4.69) is 4.98 Å². The molecule has 1 aromatic heterocycles. The lowest BCUT2D eigenvalue weighted by molar-refractivity contribution is -0.146. The summed E-state index contributed by atoms with van der Waals surface area (Å²) in [6, 6.07) is 5.37. The molecule has 1 aliphatic heterocycles. The number of H-pyrrole nitrogens is 1. The third kappa shape index (κ3) is 3.93. The average molecular weight is 374 g/mol. The molecule has 27 heavy (non-hydrogen) atoms. The number of carbonyl (C=O) groups is 1. The summed E-state index contributed by atoms with van der Waals surface area (Å²) in [5.41, 5.74) is 0.731. The van der Waals surface area contributed by atoms with Crippen molar-refractivity contribution in [2.24, 2.45) is 0 Å². The van der Waals surface area contributed by atoms with Crippen molar-refractivity contribution in [1.29, 1.82) is 0 Å². The van der Waals surface area contributed by atoms with Gasteiger partial charge in [-0.05, 0) is 32.4 Å². The Morgan fingerprint density at radius 3 is 2.59 bits per heavy atom. The highest BCUT2D eigenvalue weighted by atomic mass is 16.5. The minimum absolute atomic E-state index is 0.0371. The fourth-order valence-electron chi connectivity index (χ4n) is 3.46. The largest absolute Gasteiger partial charge is 0.493 e. The molecule has 0 radical (unpaired) electrons. The van der Waals surface area contributed by atoms with Gasteiger partial charge < -0.3 is 24.1 Å². The van der Waals surface area contributed by atoms with E-state index in [9.17, 15) is 9.59 Å². The number of carbonyl (C=O) groups excluding carboxylic acids is 1. The molecule has 1 aromatic carbocycles. The lowest BCUT2D eigenvalue weighted by atomic mass is 10.0. The lowest BCUT2D eigenvalue weighted by Crippen LogP contribution is -2.55. The normalized spacial score (nSPS) is 16.4. The molecule has 2 aromatic rings. The molecule has 0 aliphatic carbocycles. The van der Waals surface area contributed by atoms with E-state index >= 15 is 0 Å². The first kappa shape index (κ1) is 19.2. The second kappa shape index (κ2) is 7.60. The minimum atomic E-state index is -0.324. The number of morpholine rings is 1. The van der Waals surface area contributed by atoms with E-state index in [-0.39, 0.29) is 23.4 Å². The van der Waals surface area contributed by atoms with Crippen LogP contribution in [0.5, 0.6) is 11.5 Å². The van der Waals surface area contributed by atoms with Crippen LogP contribution in [0.4, 0.5) is 0 Å². The summed E-state index contributed by atoms with van der Waals surface area (Å²) in [5.74, 6) is 1.18. The number of fused-ring (bicyclic) bond motifs is 1. The molecule has 0 atom stereocenters. The number of nitrogens with zero attached hydrogens (tertiary/aromatic N) is 1. The monoisotopic (exact) mass is 374 g/mol. The van der Waals surface area contributed by atoms with Gasteiger partial charge >= 0.3 is 0 Å². The van der Waals surface area contributed by atoms with Crippen molar-refractivity contribution in [3.8, 4) is 11.5 Å². The van der Waals surface area contributed by atoms with Crippen molar-refractivity contribution in [2.75, 3.05) is 34.0 Å². The van der Waals surface area contributed by atoms with Crippen LogP contribution in [0.15, 0.2) is 23.0 Å². The van der Waals surface area contributed by atoms with Gasteiger partial charge in [-0.15, -0.1) is 0 Å². The summed E-state index contributed by atoms with van der Waals surface area (Å²) in [6.07, 6.45) is 0.664. The lowest BCUT2D eigenvalue weighted by Gasteiger charge is -2.42. The fraction of sp³-hybridized carbons (Fsp3) is 0.500. The van der Waals surface area contributed by atoms with E-state index in [0.29, 0.717) is 48.8 Å². The summed E-state index contributed by atoms with van der Waals surface area (Å²) in [6.45, 7) is 5.64. The molecule has 1 fully saturated rings. The Morgan fingerprint density at radius 2 is 1.93 bits per heavy atom.